The molecule has 0 saturated heterocycles. The first kappa shape index (κ1) is 13.9. The van der Waals surface area contributed by atoms with Gasteiger partial charge in [-0.1, -0.05) is 0 Å². The topological polar surface area (TPSA) is 78.5 Å². The second kappa shape index (κ2) is 5.07. The molecule has 0 unspecified atom stereocenters. The van der Waals surface area contributed by atoms with Crippen molar-refractivity contribution in [3.05, 3.63) is 44.0 Å². The number of H-pyrrole nitrogens is 2. The molecule has 2 aromatic heterocycles. The number of aromatic amines is 2. The number of aromatic nitrogens is 4. The maximum Gasteiger partial charge on any atom is 0.323 e. The molecule has 0 atom stereocenters. The quantitative estimate of drug-likeness (QED) is 0.679. The lowest BCUT2D eigenvalue weighted by Crippen LogP contribution is -2.03. The summed E-state index contributed by atoms with van der Waals surface area (Å²) < 4.78 is 2.79. The normalized spacial score (nSPS) is 11.2. The molecular formula is C14H16BrN5O. The highest BCUT2D eigenvalue weighted by Crippen LogP contribution is 2.27. The summed E-state index contributed by atoms with van der Waals surface area (Å²) in [5.41, 5.74) is 5.65. The Balaban J connectivity index is 1.91. The van der Waals surface area contributed by atoms with Gasteiger partial charge in [0.1, 0.15) is 0 Å². The fourth-order valence-corrected chi connectivity index (χ4v) is 2.93. The predicted octanol–water partition coefficient (Wildman–Crippen LogP) is 2.58. The van der Waals surface area contributed by atoms with Gasteiger partial charge in [-0.05, 0) is 41.9 Å². The summed E-state index contributed by atoms with van der Waals surface area (Å²) in [5, 5.41) is 7.80. The highest BCUT2D eigenvalue weighted by atomic mass is 79.9. The van der Waals surface area contributed by atoms with Crippen LogP contribution < -0.4 is 11.0 Å². The van der Waals surface area contributed by atoms with Crippen molar-refractivity contribution in [2.24, 2.45) is 7.05 Å². The highest BCUT2D eigenvalue weighted by Gasteiger charge is 2.10. The Morgan fingerprint density at radius 1 is 1.29 bits per heavy atom. The number of nitrogens with zero attached hydrogens (tertiary/aromatic N) is 2. The van der Waals surface area contributed by atoms with Gasteiger partial charge < -0.3 is 15.3 Å². The molecule has 0 aliphatic rings. The zero-order valence-corrected chi connectivity index (χ0v) is 13.6. The van der Waals surface area contributed by atoms with E-state index in [-0.39, 0.29) is 5.69 Å². The van der Waals surface area contributed by atoms with Crippen LogP contribution in [0.4, 0.5) is 5.69 Å². The molecule has 1 aromatic carbocycles. The van der Waals surface area contributed by atoms with Crippen LogP contribution in [0.2, 0.25) is 0 Å². The van der Waals surface area contributed by atoms with Crippen molar-refractivity contribution >= 4 is 32.7 Å². The van der Waals surface area contributed by atoms with Gasteiger partial charge in [0.15, 0.2) is 0 Å². The standard InChI is InChI=1S/C14H16BrN5O/c1-7-9(8(2)20(3)19-7)6-16-11-5-13-12(4-10(11)15)17-14(21)18-13/h4-5,16H,6H2,1-3H3,(H2,17,18,21). The molecule has 3 rings (SSSR count). The summed E-state index contributed by atoms with van der Waals surface area (Å²) >= 11 is 3.52. The molecule has 2 heterocycles. The second-order valence-electron chi connectivity index (χ2n) is 5.08. The third kappa shape index (κ3) is 2.49. The number of halogens is 1. The second-order valence-corrected chi connectivity index (χ2v) is 5.94. The molecule has 6 nitrogen and oxygen atoms in total. The van der Waals surface area contributed by atoms with Gasteiger partial charge in [0.05, 0.1) is 22.4 Å². The Bertz CT molecular complexity index is 873. The maximum absolute atomic E-state index is 11.3. The minimum atomic E-state index is -0.201. The van der Waals surface area contributed by atoms with Gasteiger partial charge in [0.25, 0.3) is 0 Å². The number of hydrogen-bond donors (Lipinski definition) is 3. The van der Waals surface area contributed by atoms with E-state index >= 15 is 0 Å². The summed E-state index contributed by atoms with van der Waals surface area (Å²) in [4.78, 5) is 16.8. The van der Waals surface area contributed by atoms with Crippen LogP contribution in [-0.2, 0) is 13.6 Å². The van der Waals surface area contributed by atoms with E-state index < -0.39 is 0 Å². The van der Waals surface area contributed by atoms with E-state index in [0.29, 0.717) is 6.54 Å². The maximum atomic E-state index is 11.3. The van der Waals surface area contributed by atoms with Crippen molar-refractivity contribution in [3.8, 4) is 0 Å². The molecule has 0 amide bonds. The number of hydrogen-bond acceptors (Lipinski definition) is 3. The van der Waals surface area contributed by atoms with Gasteiger partial charge in [-0.15, -0.1) is 0 Å². The third-order valence-corrected chi connectivity index (χ3v) is 4.37. The molecule has 0 bridgehead atoms. The van der Waals surface area contributed by atoms with Crippen LogP contribution in [0.3, 0.4) is 0 Å². The van der Waals surface area contributed by atoms with E-state index in [1.165, 1.54) is 5.56 Å². The first-order valence-electron chi connectivity index (χ1n) is 6.60. The first-order valence-corrected chi connectivity index (χ1v) is 7.39. The van der Waals surface area contributed by atoms with E-state index in [4.69, 9.17) is 0 Å². The lowest BCUT2D eigenvalue weighted by Gasteiger charge is -2.09. The van der Waals surface area contributed by atoms with Crippen molar-refractivity contribution in [2.75, 3.05) is 5.32 Å². The molecule has 3 aromatic rings. The first-order chi connectivity index (χ1) is 9.95. The van der Waals surface area contributed by atoms with Crippen LogP contribution in [0.25, 0.3) is 11.0 Å². The van der Waals surface area contributed by atoms with E-state index in [0.717, 1.165) is 32.6 Å². The fraction of sp³-hybridized carbons (Fsp3) is 0.286. The molecule has 3 N–H and O–H groups in total. The summed E-state index contributed by atoms with van der Waals surface area (Å²) in [7, 11) is 1.94. The SMILES string of the molecule is Cc1nn(C)c(C)c1CNc1cc2[nH]c(=O)[nH]c2cc1Br. The monoisotopic (exact) mass is 349 g/mol. The minimum absolute atomic E-state index is 0.201. The molecule has 0 saturated carbocycles. The van der Waals surface area contributed by atoms with E-state index in [1.807, 2.05) is 30.8 Å². The van der Waals surface area contributed by atoms with Gasteiger partial charge in [0, 0.05) is 29.3 Å². The number of aryl methyl sites for hydroxylation is 2. The van der Waals surface area contributed by atoms with Crippen molar-refractivity contribution in [2.45, 2.75) is 20.4 Å². The van der Waals surface area contributed by atoms with Gasteiger partial charge in [0.2, 0.25) is 0 Å². The van der Waals surface area contributed by atoms with E-state index in [2.05, 4.69) is 43.2 Å². The predicted molar refractivity (Wildman–Crippen MR) is 86.6 cm³/mol. The van der Waals surface area contributed by atoms with Crippen molar-refractivity contribution < 1.29 is 0 Å². The molecule has 0 aliphatic heterocycles. The van der Waals surface area contributed by atoms with Gasteiger partial charge in [-0.2, -0.15) is 5.10 Å². The average Bonchev–Trinajstić information content (AvgIpc) is 2.87. The van der Waals surface area contributed by atoms with E-state index in [9.17, 15) is 4.79 Å². The Morgan fingerprint density at radius 3 is 2.57 bits per heavy atom. The molecule has 0 radical (unpaired) electrons. The van der Waals surface area contributed by atoms with Crippen molar-refractivity contribution in [3.63, 3.8) is 0 Å². The summed E-state index contributed by atoms with van der Waals surface area (Å²) in [6.45, 7) is 4.75. The zero-order chi connectivity index (χ0) is 15.1. The number of rotatable bonds is 3. The van der Waals surface area contributed by atoms with Gasteiger partial charge in [-0.3, -0.25) is 4.68 Å². The smallest absolute Gasteiger partial charge is 0.323 e. The molecular weight excluding hydrogens is 334 g/mol. The lowest BCUT2D eigenvalue weighted by atomic mass is 10.2. The molecule has 110 valence electrons. The summed E-state index contributed by atoms with van der Waals surface area (Å²) in [6, 6.07) is 3.80. The number of benzene rings is 1. The van der Waals surface area contributed by atoms with Crippen LogP contribution >= 0.6 is 15.9 Å². The van der Waals surface area contributed by atoms with Crippen LogP contribution in [0, 0.1) is 13.8 Å². The minimum Gasteiger partial charge on any atom is -0.380 e. The molecule has 0 spiro atoms. The van der Waals surface area contributed by atoms with Crippen LogP contribution in [-0.4, -0.2) is 19.7 Å². The number of imidazole rings is 1. The zero-order valence-electron chi connectivity index (χ0n) is 12.0. The van der Waals surface area contributed by atoms with Crippen LogP contribution in [0.5, 0.6) is 0 Å². The summed E-state index contributed by atoms with van der Waals surface area (Å²) in [6.07, 6.45) is 0. The van der Waals surface area contributed by atoms with Crippen molar-refractivity contribution in [1.29, 1.82) is 0 Å². The van der Waals surface area contributed by atoms with Crippen molar-refractivity contribution in [1.82, 2.24) is 19.7 Å². The molecule has 7 heteroatoms. The van der Waals surface area contributed by atoms with Crippen LogP contribution in [0.1, 0.15) is 17.0 Å². The largest absolute Gasteiger partial charge is 0.380 e. The summed E-state index contributed by atoms with van der Waals surface area (Å²) in [5.74, 6) is 0. The number of fused-ring (bicyclic) bond motifs is 1. The Labute approximate surface area is 129 Å². The van der Waals surface area contributed by atoms with Crippen LogP contribution in [0.15, 0.2) is 21.4 Å². The Kier molecular flexibility index (Phi) is 3.36. The third-order valence-electron chi connectivity index (χ3n) is 3.72. The molecule has 21 heavy (non-hydrogen) atoms. The lowest BCUT2D eigenvalue weighted by molar-refractivity contribution is 0.730. The average molecular weight is 350 g/mol. The molecule has 0 fully saturated rings. The fourth-order valence-electron chi connectivity index (χ4n) is 2.45. The number of nitrogens with one attached hydrogen (secondary N) is 3. The Hall–Kier alpha value is -2.02. The Morgan fingerprint density at radius 2 is 1.95 bits per heavy atom. The van der Waals surface area contributed by atoms with Gasteiger partial charge in [-0.25, -0.2) is 4.79 Å². The van der Waals surface area contributed by atoms with E-state index in [1.54, 1.807) is 0 Å². The van der Waals surface area contributed by atoms with Gasteiger partial charge >= 0.3 is 5.69 Å². The molecule has 0 aliphatic carbocycles. The highest BCUT2D eigenvalue weighted by molar-refractivity contribution is 9.10. The number of anilines is 1.